The molecule has 2 fully saturated rings. The van der Waals surface area contributed by atoms with E-state index in [9.17, 15) is 23.1 Å². The highest BCUT2D eigenvalue weighted by Gasteiger charge is 2.70. The molecule has 0 aromatic carbocycles. The van der Waals surface area contributed by atoms with Gasteiger partial charge in [-0.05, 0) is 13.0 Å². The van der Waals surface area contributed by atoms with Gasteiger partial charge in [0, 0.05) is 0 Å². The van der Waals surface area contributed by atoms with E-state index in [-0.39, 0.29) is 13.0 Å². The number of hydrogen-bond acceptors (Lipinski definition) is 5. The van der Waals surface area contributed by atoms with Crippen molar-refractivity contribution in [3.63, 3.8) is 0 Å². The number of carbonyl (C=O) groups excluding carboxylic acids is 1. The van der Waals surface area contributed by atoms with E-state index in [1.807, 2.05) is 0 Å². The van der Waals surface area contributed by atoms with Gasteiger partial charge in [-0.3, -0.25) is 4.79 Å². The van der Waals surface area contributed by atoms with Crippen molar-refractivity contribution in [1.29, 1.82) is 0 Å². The van der Waals surface area contributed by atoms with Gasteiger partial charge in [-0.1, -0.05) is 6.58 Å². The lowest BCUT2D eigenvalue weighted by atomic mass is 9.96. The van der Waals surface area contributed by atoms with Gasteiger partial charge in [0.25, 0.3) is 0 Å². The summed E-state index contributed by atoms with van der Waals surface area (Å²) in [5.41, 5.74) is 0. The van der Waals surface area contributed by atoms with Crippen LogP contribution in [-0.2, 0) is 32.5 Å². The number of carbonyl (C=O) groups is 2. The summed E-state index contributed by atoms with van der Waals surface area (Å²) in [6.07, 6.45) is 4.69. The zero-order valence-electron chi connectivity index (χ0n) is 12.5. The van der Waals surface area contributed by atoms with Gasteiger partial charge in [-0.25, -0.2) is 13.2 Å². The van der Waals surface area contributed by atoms with Gasteiger partial charge in [0.2, 0.25) is 5.91 Å². The predicted octanol–water partition coefficient (Wildman–Crippen LogP) is -1.44. The van der Waals surface area contributed by atoms with E-state index in [0.717, 1.165) is 4.90 Å². The number of carboxylic acids is 1. The molecule has 0 saturated carbocycles. The summed E-state index contributed by atoms with van der Waals surface area (Å²) in [6, 6.07) is -1.41. The van der Waals surface area contributed by atoms with Gasteiger partial charge in [-0.15, -0.1) is 9.36 Å². The highest BCUT2D eigenvalue weighted by Crippen LogP contribution is 2.46. The number of amides is 1. The summed E-state index contributed by atoms with van der Waals surface area (Å²) in [5, 5.41) is 12.6. The molecule has 1 aromatic heterocycles. The maximum Gasteiger partial charge on any atom is 0.328 e. The second-order valence-electron chi connectivity index (χ2n) is 5.95. The van der Waals surface area contributed by atoms with Crippen LogP contribution in [0.15, 0.2) is 25.0 Å². The SMILES string of the molecule is C=CCn1cc[n+](C[C@@]2(C)[C@H](C(=O)O)N3C(=O)CC3S2(=O)=O)n1. The molecule has 0 aliphatic carbocycles. The molecular weight excluding hydrogens is 324 g/mol. The van der Waals surface area contributed by atoms with Gasteiger partial charge in [0.1, 0.15) is 23.2 Å². The lowest BCUT2D eigenvalue weighted by molar-refractivity contribution is -0.758. The third-order valence-electron chi connectivity index (χ3n) is 4.48. The van der Waals surface area contributed by atoms with Crippen LogP contribution in [0.2, 0.25) is 0 Å². The number of nitrogens with zero attached hydrogens (tertiary/aromatic N) is 4. The first-order valence-corrected chi connectivity index (χ1v) is 8.58. The van der Waals surface area contributed by atoms with Crippen LogP contribution >= 0.6 is 0 Å². The Morgan fingerprint density at radius 2 is 2.35 bits per heavy atom. The molecule has 3 atom stereocenters. The second kappa shape index (κ2) is 4.88. The Kier molecular flexibility index (Phi) is 3.32. The van der Waals surface area contributed by atoms with E-state index in [0.29, 0.717) is 6.54 Å². The molecule has 2 saturated heterocycles. The largest absolute Gasteiger partial charge is 0.480 e. The van der Waals surface area contributed by atoms with Crippen molar-refractivity contribution >= 4 is 21.7 Å². The number of β-lactam (4-membered cyclic amide) rings is 1. The van der Waals surface area contributed by atoms with Crippen LogP contribution < -0.4 is 4.68 Å². The zero-order chi connectivity index (χ0) is 17.0. The monoisotopic (exact) mass is 341 g/mol. The van der Waals surface area contributed by atoms with E-state index in [2.05, 4.69) is 11.8 Å². The fourth-order valence-corrected chi connectivity index (χ4v) is 5.64. The summed E-state index contributed by atoms with van der Waals surface area (Å²) in [7, 11) is -3.82. The van der Waals surface area contributed by atoms with Crippen molar-refractivity contribution in [3.05, 3.63) is 25.0 Å². The van der Waals surface area contributed by atoms with Crippen LogP contribution in [0.4, 0.5) is 0 Å². The van der Waals surface area contributed by atoms with E-state index >= 15 is 0 Å². The molecule has 9 nitrogen and oxygen atoms in total. The minimum Gasteiger partial charge on any atom is -0.480 e. The topological polar surface area (TPSA) is 113 Å². The van der Waals surface area contributed by atoms with E-state index in [1.54, 1.807) is 23.2 Å². The van der Waals surface area contributed by atoms with Crippen LogP contribution in [0.5, 0.6) is 0 Å². The molecule has 124 valence electrons. The van der Waals surface area contributed by atoms with Gasteiger partial charge in [0.05, 0.1) is 11.6 Å². The number of aromatic nitrogens is 3. The second-order valence-corrected chi connectivity index (χ2v) is 8.52. The zero-order valence-corrected chi connectivity index (χ0v) is 13.3. The van der Waals surface area contributed by atoms with Crippen LogP contribution in [0.3, 0.4) is 0 Å². The average molecular weight is 341 g/mol. The summed E-state index contributed by atoms with van der Waals surface area (Å²) in [6.45, 7) is 5.26. The van der Waals surface area contributed by atoms with E-state index in [1.165, 1.54) is 11.6 Å². The summed E-state index contributed by atoms with van der Waals surface area (Å²) in [4.78, 5) is 24.3. The lowest BCUT2D eigenvalue weighted by Gasteiger charge is -2.35. The molecule has 1 amide bonds. The van der Waals surface area contributed by atoms with Crippen molar-refractivity contribution < 1.29 is 27.8 Å². The molecule has 1 aromatic rings. The molecule has 3 heterocycles. The van der Waals surface area contributed by atoms with E-state index in [4.69, 9.17) is 0 Å². The molecule has 0 radical (unpaired) electrons. The Balaban J connectivity index is 2.00. The molecule has 0 spiro atoms. The summed E-state index contributed by atoms with van der Waals surface area (Å²) < 4.78 is 26.8. The van der Waals surface area contributed by atoms with Gasteiger partial charge >= 0.3 is 5.97 Å². The van der Waals surface area contributed by atoms with Crippen LogP contribution in [0.1, 0.15) is 13.3 Å². The number of rotatable bonds is 5. The molecule has 2 aliphatic heterocycles. The number of carboxylic acid groups (broad SMARTS) is 1. The maximum absolute atomic E-state index is 12.8. The summed E-state index contributed by atoms with van der Waals surface area (Å²) >= 11 is 0. The van der Waals surface area contributed by atoms with Crippen molar-refractivity contribution in [1.82, 2.24) is 14.8 Å². The molecule has 3 rings (SSSR count). The maximum atomic E-state index is 12.8. The number of hydrogen-bond donors (Lipinski definition) is 1. The first-order chi connectivity index (χ1) is 10.7. The molecule has 1 unspecified atom stereocenters. The quantitative estimate of drug-likeness (QED) is 0.398. The standard InChI is InChI=1S/C13H16N4O5S/c1-3-4-15-5-6-16(14-15)8-13(2)11(12(19)20)17-9(18)7-10(17)23(13,21)22/h3,5-6,10-11H,1,4,7-8H2,2H3/p+1/t10?,11-,13-/m0/s1. The highest BCUT2D eigenvalue weighted by atomic mass is 32.2. The molecule has 1 N–H and O–H groups in total. The third-order valence-corrected chi connectivity index (χ3v) is 7.24. The Morgan fingerprint density at radius 3 is 2.91 bits per heavy atom. The van der Waals surface area contributed by atoms with Crippen molar-refractivity contribution in [2.45, 2.75) is 42.6 Å². The Bertz CT molecular complexity index is 801. The van der Waals surface area contributed by atoms with Crippen molar-refractivity contribution in [2.24, 2.45) is 0 Å². The molecule has 10 heteroatoms. The van der Waals surface area contributed by atoms with Crippen LogP contribution in [-0.4, -0.2) is 56.4 Å². The molecule has 23 heavy (non-hydrogen) atoms. The van der Waals surface area contributed by atoms with Crippen molar-refractivity contribution in [3.8, 4) is 0 Å². The predicted molar refractivity (Wildman–Crippen MR) is 76.6 cm³/mol. The van der Waals surface area contributed by atoms with Crippen molar-refractivity contribution in [2.75, 3.05) is 0 Å². The Morgan fingerprint density at radius 1 is 1.65 bits per heavy atom. The van der Waals surface area contributed by atoms with Gasteiger partial charge in [-0.2, -0.15) is 0 Å². The average Bonchev–Trinajstić information content (AvgIpc) is 2.92. The number of aliphatic carboxylic acids is 1. The fourth-order valence-electron chi connectivity index (χ4n) is 3.28. The van der Waals surface area contributed by atoms with Gasteiger partial charge < -0.3 is 10.0 Å². The first-order valence-electron chi connectivity index (χ1n) is 7.04. The minimum atomic E-state index is -3.82. The Labute approximate surface area is 132 Å². The molecular formula is C13H17N4O5S+. The van der Waals surface area contributed by atoms with Crippen LogP contribution in [0, 0.1) is 0 Å². The lowest BCUT2D eigenvalue weighted by Crippen LogP contribution is -2.60. The number of allylic oxidation sites excluding steroid dienone is 1. The third kappa shape index (κ3) is 2.01. The first kappa shape index (κ1) is 15.7. The molecule has 2 aliphatic rings. The Hall–Kier alpha value is -2.23. The number of fused-ring (bicyclic) bond motifs is 1. The minimum absolute atomic E-state index is 0.142. The summed E-state index contributed by atoms with van der Waals surface area (Å²) in [5.74, 6) is -1.77. The normalized spacial score (nSPS) is 31.5. The van der Waals surface area contributed by atoms with Crippen LogP contribution in [0.25, 0.3) is 0 Å². The van der Waals surface area contributed by atoms with Gasteiger partial charge in [0.15, 0.2) is 28.3 Å². The smallest absolute Gasteiger partial charge is 0.328 e. The molecule has 0 bridgehead atoms. The number of sulfone groups is 1. The van der Waals surface area contributed by atoms with E-state index < -0.39 is 37.9 Å². The highest BCUT2D eigenvalue weighted by molar-refractivity contribution is 7.93. The fraction of sp³-hybridized carbons (Fsp3) is 0.538.